The first-order chi connectivity index (χ1) is 20.9. The van der Waals surface area contributed by atoms with Crippen molar-refractivity contribution in [2.24, 2.45) is 0 Å². The maximum atomic E-state index is 13.9. The van der Waals surface area contributed by atoms with Crippen molar-refractivity contribution >= 4 is 41.0 Å². The Labute approximate surface area is 259 Å². The number of thioether (sulfide) groups is 1. The van der Waals surface area contributed by atoms with Crippen LogP contribution in [0, 0.1) is 0 Å². The molecular formula is C32H31ClN4O5S. The summed E-state index contributed by atoms with van der Waals surface area (Å²) < 4.78 is 18.5. The van der Waals surface area contributed by atoms with Gasteiger partial charge in [-0.1, -0.05) is 23.7 Å². The molecule has 0 unspecified atom stereocenters. The van der Waals surface area contributed by atoms with Gasteiger partial charge in [0.15, 0.2) is 0 Å². The second-order valence-corrected chi connectivity index (χ2v) is 11.9. The monoisotopic (exact) mass is 618 g/mol. The normalized spacial score (nSPS) is 16.3. The van der Waals surface area contributed by atoms with Crippen LogP contribution in [0.2, 0.25) is 5.02 Å². The van der Waals surface area contributed by atoms with Crippen LogP contribution in [-0.4, -0.2) is 61.3 Å². The molecule has 0 saturated heterocycles. The Kier molecular flexibility index (Phi) is 8.23. The van der Waals surface area contributed by atoms with Crippen molar-refractivity contribution in [1.82, 2.24) is 15.1 Å². The molecule has 9 nitrogen and oxygen atoms in total. The lowest BCUT2D eigenvalue weighted by Gasteiger charge is -2.23. The number of fused-ring (bicyclic) bond motifs is 1. The van der Waals surface area contributed by atoms with Gasteiger partial charge in [-0.3, -0.25) is 14.5 Å². The van der Waals surface area contributed by atoms with Gasteiger partial charge in [-0.05, 0) is 67.4 Å². The molecule has 1 aliphatic heterocycles. The molecule has 222 valence electrons. The van der Waals surface area contributed by atoms with Gasteiger partial charge in [0.2, 0.25) is 11.8 Å². The van der Waals surface area contributed by atoms with E-state index in [0.29, 0.717) is 39.5 Å². The van der Waals surface area contributed by atoms with E-state index >= 15 is 0 Å². The fraction of sp³-hybridized carbons (Fsp3) is 0.281. The van der Waals surface area contributed by atoms with E-state index in [0.717, 1.165) is 29.5 Å². The third-order valence-corrected chi connectivity index (χ3v) is 8.98. The van der Waals surface area contributed by atoms with Crippen molar-refractivity contribution in [3.8, 4) is 34.2 Å². The maximum absolute atomic E-state index is 13.9. The van der Waals surface area contributed by atoms with Crippen LogP contribution >= 0.6 is 23.4 Å². The number of anilines is 1. The molecule has 2 amide bonds. The first-order valence-electron chi connectivity index (χ1n) is 13.9. The first-order valence-corrected chi connectivity index (χ1v) is 15.3. The summed E-state index contributed by atoms with van der Waals surface area (Å²) in [6.45, 7) is -0.132. The molecule has 1 atom stereocenters. The van der Waals surface area contributed by atoms with Gasteiger partial charge in [-0.25, -0.2) is 4.68 Å². The molecule has 4 aromatic rings. The fourth-order valence-electron chi connectivity index (χ4n) is 5.18. The summed E-state index contributed by atoms with van der Waals surface area (Å²) in [5.74, 6) is 2.25. The predicted octanol–water partition coefficient (Wildman–Crippen LogP) is 5.67. The molecule has 1 aromatic heterocycles. The highest BCUT2D eigenvalue weighted by Crippen LogP contribution is 2.51. The standard InChI is InChI=1S/C32H31ClN4O5S/c1-40-23-12-10-22(11-13-23)37-32-29(30(35-37)19-4-6-20(33)7-5-19)31(25-16-24(41-2)14-15-26(25)42-3)43-18-28(39)36(32)17-27(38)34-21-8-9-21/h4-7,10-16,21,31H,8-9,17-18H2,1-3H3,(H,34,38)/t31-/m1/s1. The quantitative estimate of drug-likeness (QED) is 0.258. The number of carbonyl (C=O) groups is 2. The topological polar surface area (TPSA) is 94.9 Å². The molecule has 1 fully saturated rings. The summed E-state index contributed by atoms with van der Waals surface area (Å²) in [5.41, 5.74) is 3.79. The average Bonchev–Trinajstić information content (AvgIpc) is 3.79. The smallest absolute Gasteiger partial charge is 0.240 e. The van der Waals surface area contributed by atoms with E-state index in [1.807, 2.05) is 66.7 Å². The Balaban J connectivity index is 1.63. The Morgan fingerprint density at radius 1 is 0.977 bits per heavy atom. The SMILES string of the molecule is COc1ccc(-n2nc(-c3ccc(Cl)cc3)c3c2N(CC(=O)NC2CC2)C(=O)CS[C@@H]3c2cc(OC)ccc2OC)cc1. The summed E-state index contributed by atoms with van der Waals surface area (Å²) >= 11 is 7.74. The lowest BCUT2D eigenvalue weighted by Crippen LogP contribution is -2.43. The molecule has 0 spiro atoms. The highest BCUT2D eigenvalue weighted by molar-refractivity contribution is 8.00. The molecule has 2 aliphatic rings. The van der Waals surface area contributed by atoms with E-state index < -0.39 is 5.25 Å². The Morgan fingerprint density at radius 2 is 1.67 bits per heavy atom. The van der Waals surface area contributed by atoms with E-state index in [9.17, 15) is 9.59 Å². The van der Waals surface area contributed by atoms with Gasteiger partial charge >= 0.3 is 0 Å². The van der Waals surface area contributed by atoms with Crippen LogP contribution in [0.4, 0.5) is 5.82 Å². The summed E-state index contributed by atoms with van der Waals surface area (Å²) in [7, 11) is 4.84. The first kappa shape index (κ1) is 28.9. The zero-order chi connectivity index (χ0) is 30.1. The van der Waals surface area contributed by atoms with Gasteiger partial charge in [-0.2, -0.15) is 5.10 Å². The van der Waals surface area contributed by atoms with Crippen molar-refractivity contribution in [3.05, 3.63) is 82.9 Å². The van der Waals surface area contributed by atoms with Crippen LogP contribution in [0.5, 0.6) is 17.2 Å². The summed E-state index contributed by atoms with van der Waals surface area (Å²) in [4.78, 5) is 28.7. The largest absolute Gasteiger partial charge is 0.497 e. The second-order valence-electron chi connectivity index (χ2n) is 10.3. The maximum Gasteiger partial charge on any atom is 0.240 e. The minimum Gasteiger partial charge on any atom is -0.497 e. The minimum absolute atomic E-state index is 0.132. The van der Waals surface area contributed by atoms with Crippen LogP contribution in [0.1, 0.15) is 29.2 Å². The summed E-state index contributed by atoms with van der Waals surface area (Å²) in [6, 6.07) is 20.7. The van der Waals surface area contributed by atoms with Gasteiger partial charge in [0, 0.05) is 27.8 Å². The van der Waals surface area contributed by atoms with E-state index in [1.54, 1.807) is 30.9 Å². The molecule has 6 rings (SSSR count). The van der Waals surface area contributed by atoms with Crippen molar-refractivity contribution in [2.45, 2.75) is 24.1 Å². The minimum atomic E-state index is -0.391. The van der Waals surface area contributed by atoms with E-state index in [1.165, 1.54) is 11.8 Å². The van der Waals surface area contributed by atoms with Crippen LogP contribution in [-0.2, 0) is 9.59 Å². The number of rotatable bonds is 9. The third-order valence-electron chi connectivity index (χ3n) is 7.49. The van der Waals surface area contributed by atoms with Gasteiger partial charge in [-0.15, -0.1) is 11.8 Å². The molecule has 3 aromatic carbocycles. The molecule has 1 N–H and O–H groups in total. The van der Waals surface area contributed by atoms with Crippen LogP contribution in [0.25, 0.3) is 16.9 Å². The number of nitrogens with zero attached hydrogens (tertiary/aromatic N) is 3. The number of aromatic nitrogens is 2. The van der Waals surface area contributed by atoms with E-state index in [2.05, 4.69) is 5.32 Å². The van der Waals surface area contributed by atoms with Crippen molar-refractivity contribution < 1.29 is 23.8 Å². The number of benzene rings is 3. The number of methoxy groups -OCH3 is 3. The Hall–Kier alpha value is -4.15. The van der Waals surface area contributed by atoms with Crippen molar-refractivity contribution in [3.63, 3.8) is 0 Å². The van der Waals surface area contributed by atoms with Crippen molar-refractivity contribution in [2.75, 3.05) is 38.5 Å². The Bertz CT molecular complexity index is 1650. The fourth-order valence-corrected chi connectivity index (χ4v) is 6.52. The van der Waals surface area contributed by atoms with Crippen LogP contribution in [0.15, 0.2) is 66.7 Å². The van der Waals surface area contributed by atoms with E-state index in [4.69, 9.17) is 30.9 Å². The van der Waals surface area contributed by atoms with Gasteiger partial charge < -0.3 is 19.5 Å². The molecular weight excluding hydrogens is 588 g/mol. The zero-order valence-electron chi connectivity index (χ0n) is 24.0. The van der Waals surface area contributed by atoms with Gasteiger partial charge in [0.25, 0.3) is 0 Å². The zero-order valence-corrected chi connectivity index (χ0v) is 25.6. The van der Waals surface area contributed by atoms with Crippen molar-refractivity contribution in [1.29, 1.82) is 0 Å². The Morgan fingerprint density at radius 3 is 2.33 bits per heavy atom. The highest BCUT2D eigenvalue weighted by Gasteiger charge is 2.39. The third kappa shape index (κ3) is 5.89. The molecule has 1 aliphatic carbocycles. The summed E-state index contributed by atoms with van der Waals surface area (Å²) in [6.07, 6.45) is 1.89. The molecule has 0 radical (unpaired) electrons. The van der Waals surface area contributed by atoms with Crippen LogP contribution < -0.4 is 24.4 Å². The number of carbonyl (C=O) groups excluding carboxylic acids is 2. The molecule has 2 heterocycles. The molecule has 1 saturated carbocycles. The van der Waals surface area contributed by atoms with Gasteiger partial charge in [0.05, 0.1) is 43.7 Å². The van der Waals surface area contributed by atoms with E-state index in [-0.39, 0.29) is 30.2 Å². The molecule has 11 heteroatoms. The second kappa shape index (κ2) is 12.2. The van der Waals surface area contributed by atoms with Crippen LogP contribution in [0.3, 0.4) is 0 Å². The number of amides is 2. The molecule has 0 bridgehead atoms. The molecule has 43 heavy (non-hydrogen) atoms. The lowest BCUT2D eigenvalue weighted by molar-refractivity contribution is -0.123. The number of halogens is 1. The van der Waals surface area contributed by atoms with Gasteiger partial charge in [0.1, 0.15) is 29.6 Å². The predicted molar refractivity (Wildman–Crippen MR) is 168 cm³/mol. The summed E-state index contributed by atoms with van der Waals surface area (Å²) in [5, 5.41) is 8.36. The number of hydrogen-bond acceptors (Lipinski definition) is 7. The lowest BCUT2D eigenvalue weighted by atomic mass is 9.98. The number of hydrogen-bond donors (Lipinski definition) is 1. The number of ether oxygens (including phenoxy) is 3. The number of nitrogens with one attached hydrogen (secondary N) is 1. The average molecular weight is 619 g/mol. The highest BCUT2D eigenvalue weighted by atomic mass is 35.5.